The SMILES string of the molecule is CCCNCC1CCC1c1ccsc1. The van der Waals surface area contributed by atoms with Crippen molar-refractivity contribution in [2.45, 2.75) is 32.1 Å². The van der Waals surface area contributed by atoms with E-state index in [9.17, 15) is 0 Å². The molecule has 1 saturated carbocycles. The van der Waals surface area contributed by atoms with Crippen molar-refractivity contribution in [1.29, 1.82) is 0 Å². The second-order valence-electron chi connectivity index (χ2n) is 4.20. The maximum absolute atomic E-state index is 3.53. The fourth-order valence-electron chi connectivity index (χ4n) is 2.20. The van der Waals surface area contributed by atoms with Gasteiger partial charge in [-0.15, -0.1) is 0 Å². The molecule has 2 rings (SSSR count). The minimum absolute atomic E-state index is 0.852. The van der Waals surface area contributed by atoms with Crippen LogP contribution in [0.15, 0.2) is 16.8 Å². The van der Waals surface area contributed by atoms with Crippen LogP contribution in [0.1, 0.15) is 37.7 Å². The Kier molecular flexibility index (Phi) is 3.60. The second-order valence-corrected chi connectivity index (χ2v) is 4.98. The first kappa shape index (κ1) is 10.2. The van der Waals surface area contributed by atoms with Crippen LogP contribution in [0.4, 0.5) is 0 Å². The van der Waals surface area contributed by atoms with E-state index in [1.165, 1.54) is 32.4 Å². The third-order valence-corrected chi connectivity index (χ3v) is 3.92. The van der Waals surface area contributed by atoms with Gasteiger partial charge in [0, 0.05) is 0 Å². The molecule has 0 saturated heterocycles. The first-order valence-electron chi connectivity index (χ1n) is 5.64. The monoisotopic (exact) mass is 209 g/mol. The Morgan fingerprint density at radius 3 is 3.00 bits per heavy atom. The average molecular weight is 209 g/mol. The molecule has 1 heterocycles. The molecule has 0 aromatic carbocycles. The molecule has 1 aliphatic rings. The Balaban J connectivity index is 1.79. The molecule has 2 unspecified atom stereocenters. The molecule has 0 spiro atoms. The normalized spacial score (nSPS) is 26.1. The Labute approximate surface area is 90.5 Å². The minimum Gasteiger partial charge on any atom is -0.316 e. The van der Waals surface area contributed by atoms with E-state index in [1.54, 1.807) is 5.56 Å². The quantitative estimate of drug-likeness (QED) is 0.734. The van der Waals surface area contributed by atoms with Crippen molar-refractivity contribution >= 4 is 11.3 Å². The van der Waals surface area contributed by atoms with Crippen LogP contribution >= 0.6 is 11.3 Å². The largest absolute Gasteiger partial charge is 0.316 e. The number of rotatable bonds is 5. The van der Waals surface area contributed by atoms with Crippen molar-refractivity contribution in [3.05, 3.63) is 22.4 Å². The maximum atomic E-state index is 3.53. The van der Waals surface area contributed by atoms with E-state index in [0.29, 0.717) is 0 Å². The summed E-state index contributed by atoms with van der Waals surface area (Å²) < 4.78 is 0. The number of hydrogen-bond donors (Lipinski definition) is 1. The Morgan fingerprint density at radius 2 is 2.43 bits per heavy atom. The third-order valence-electron chi connectivity index (χ3n) is 3.22. The summed E-state index contributed by atoms with van der Waals surface area (Å²) in [4.78, 5) is 0. The lowest BCUT2D eigenvalue weighted by Crippen LogP contribution is -2.33. The first-order chi connectivity index (χ1) is 6.92. The molecule has 1 aliphatic carbocycles. The smallest absolute Gasteiger partial charge is 0.00147 e. The van der Waals surface area contributed by atoms with Crippen LogP contribution in [0.25, 0.3) is 0 Å². The van der Waals surface area contributed by atoms with Crippen LogP contribution in [-0.2, 0) is 0 Å². The number of hydrogen-bond acceptors (Lipinski definition) is 2. The van der Waals surface area contributed by atoms with Crippen molar-refractivity contribution in [2.24, 2.45) is 5.92 Å². The molecule has 14 heavy (non-hydrogen) atoms. The van der Waals surface area contributed by atoms with Crippen LogP contribution in [0.5, 0.6) is 0 Å². The summed E-state index contributed by atoms with van der Waals surface area (Å²) in [5.41, 5.74) is 1.57. The highest BCUT2D eigenvalue weighted by Gasteiger charge is 2.31. The van der Waals surface area contributed by atoms with E-state index < -0.39 is 0 Å². The van der Waals surface area contributed by atoms with Gasteiger partial charge in [-0.3, -0.25) is 0 Å². The fourth-order valence-corrected chi connectivity index (χ4v) is 2.93. The highest BCUT2D eigenvalue weighted by Crippen LogP contribution is 2.42. The van der Waals surface area contributed by atoms with Gasteiger partial charge in [-0.2, -0.15) is 11.3 Å². The lowest BCUT2D eigenvalue weighted by molar-refractivity contribution is 0.246. The minimum atomic E-state index is 0.852. The summed E-state index contributed by atoms with van der Waals surface area (Å²) >= 11 is 1.83. The van der Waals surface area contributed by atoms with Gasteiger partial charge in [-0.25, -0.2) is 0 Å². The van der Waals surface area contributed by atoms with E-state index >= 15 is 0 Å². The Morgan fingerprint density at radius 1 is 1.50 bits per heavy atom. The van der Waals surface area contributed by atoms with Gasteiger partial charge in [0.2, 0.25) is 0 Å². The topological polar surface area (TPSA) is 12.0 Å². The molecule has 1 nitrogen and oxygen atoms in total. The summed E-state index contributed by atoms with van der Waals surface area (Å²) in [5.74, 6) is 1.75. The zero-order valence-electron chi connectivity index (χ0n) is 8.83. The summed E-state index contributed by atoms with van der Waals surface area (Å²) in [6.45, 7) is 4.62. The molecule has 0 radical (unpaired) electrons. The van der Waals surface area contributed by atoms with Gasteiger partial charge in [0.15, 0.2) is 0 Å². The fraction of sp³-hybridized carbons (Fsp3) is 0.667. The van der Waals surface area contributed by atoms with Crippen molar-refractivity contribution in [2.75, 3.05) is 13.1 Å². The zero-order chi connectivity index (χ0) is 9.80. The lowest BCUT2D eigenvalue weighted by atomic mass is 9.70. The predicted molar refractivity (Wildman–Crippen MR) is 62.9 cm³/mol. The summed E-state index contributed by atoms with van der Waals surface area (Å²) in [6.07, 6.45) is 4.06. The van der Waals surface area contributed by atoms with Crippen LogP contribution in [0.3, 0.4) is 0 Å². The van der Waals surface area contributed by atoms with E-state index in [-0.39, 0.29) is 0 Å². The lowest BCUT2D eigenvalue weighted by Gasteiger charge is -2.36. The molecule has 2 heteroatoms. The molecular weight excluding hydrogens is 190 g/mol. The molecular formula is C12H19NS. The highest BCUT2D eigenvalue weighted by atomic mass is 32.1. The number of thiophene rings is 1. The predicted octanol–water partition coefficient (Wildman–Crippen LogP) is 3.24. The van der Waals surface area contributed by atoms with Crippen LogP contribution in [0.2, 0.25) is 0 Å². The molecule has 2 atom stereocenters. The molecule has 1 fully saturated rings. The molecule has 0 aliphatic heterocycles. The molecule has 0 amide bonds. The van der Waals surface area contributed by atoms with Crippen molar-refractivity contribution < 1.29 is 0 Å². The third kappa shape index (κ3) is 2.18. The van der Waals surface area contributed by atoms with Gasteiger partial charge in [0.05, 0.1) is 0 Å². The van der Waals surface area contributed by atoms with Crippen LogP contribution in [0, 0.1) is 5.92 Å². The Hall–Kier alpha value is -0.340. The second kappa shape index (κ2) is 4.94. The van der Waals surface area contributed by atoms with Gasteiger partial charge >= 0.3 is 0 Å². The zero-order valence-corrected chi connectivity index (χ0v) is 9.65. The molecule has 1 N–H and O–H groups in total. The molecule has 78 valence electrons. The van der Waals surface area contributed by atoms with Crippen LogP contribution in [-0.4, -0.2) is 13.1 Å². The molecule has 0 bridgehead atoms. The molecule has 1 aromatic heterocycles. The van der Waals surface area contributed by atoms with Gasteiger partial charge in [0.25, 0.3) is 0 Å². The molecule has 1 aromatic rings. The average Bonchev–Trinajstić information content (AvgIpc) is 2.63. The van der Waals surface area contributed by atoms with Crippen molar-refractivity contribution in [1.82, 2.24) is 5.32 Å². The van der Waals surface area contributed by atoms with Crippen molar-refractivity contribution in [3.63, 3.8) is 0 Å². The van der Waals surface area contributed by atoms with E-state index in [1.807, 2.05) is 11.3 Å². The van der Waals surface area contributed by atoms with E-state index in [2.05, 4.69) is 29.1 Å². The van der Waals surface area contributed by atoms with Crippen molar-refractivity contribution in [3.8, 4) is 0 Å². The maximum Gasteiger partial charge on any atom is -0.00147 e. The standard InChI is InChI=1S/C12H19NS/c1-2-6-13-8-10-3-4-12(10)11-5-7-14-9-11/h5,7,9-10,12-13H,2-4,6,8H2,1H3. The summed E-state index contributed by atoms with van der Waals surface area (Å²) in [5, 5.41) is 8.05. The summed E-state index contributed by atoms with van der Waals surface area (Å²) in [6, 6.07) is 2.29. The summed E-state index contributed by atoms with van der Waals surface area (Å²) in [7, 11) is 0. The first-order valence-corrected chi connectivity index (χ1v) is 6.59. The van der Waals surface area contributed by atoms with Crippen LogP contribution < -0.4 is 5.32 Å². The number of nitrogens with one attached hydrogen (secondary N) is 1. The van der Waals surface area contributed by atoms with E-state index in [0.717, 1.165) is 11.8 Å². The van der Waals surface area contributed by atoms with Gasteiger partial charge in [-0.05, 0) is 66.6 Å². The van der Waals surface area contributed by atoms with Gasteiger partial charge < -0.3 is 5.32 Å². The highest BCUT2D eigenvalue weighted by molar-refractivity contribution is 7.07. The van der Waals surface area contributed by atoms with E-state index in [4.69, 9.17) is 0 Å². The van der Waals surface area contributed by atoms with Gasteiger partial charge in [0.1, 0.15) is 0 Å². The Bertz CT molecular complexity index is 255. The van der Waals surface area contributed by atoms with Gasteiger partial charge in [-0.1, -0.05) is 6.92 Å².